The molecule has 120 valence electrons. The highest BCUT2D eigenvalue weighted by atomic mass is 79.9. The molecule has 0 radical (unpaired) electrons. The van der Waals surface area contributed by atoms with E-state index in [-0.39, 0.29) is 0 Å². The van der Waals surface area contributed by atoms with Crippen molar-refractivity contribution in [2.75, 3.05) is 4.31 Å². The predicted octanol–water partition coefficient (Wildman–Crippen LogP) is 4.97. The summed E-state index contributed by atoms with van der Waals surface area (Å²) in [5.41, 5.74) is 2.74. The predicted molar refractivity (Wildman–Crippen MR) is 97.7 cm³/mol. The zero-order valence-corrected chi connectivity index (χ0v) is 14.6. The molecule has 1 unspecified atom stereocenters. The van der Waals surface area contributed by atoms with E-state index in [0.717, 1.165) is 20.9 Å². The maximum absolute atomic E-state index is 11.9. The molecule has 1 aromatic carbocycles. The molecule has 7 heteroatoms. The average Bonchev–Trinajstić information content (AvgIpc) is 2.95. The van der Waals surface area contributed by atoms with E-state index in [1.54, 1.807) is 12.3 Å². The summed E-state index contributed by atoms with van der Waals surface area (Å²) in [7, 11) is 0. The fraction of sp³-hybridized carbons (Fsp3) is 0. The van der Waals surface area contributed by atoms with Crippen molar-refractivity contribution in [2.45, 2.75) is 0 Å². The van der Waals surface area contributed by atoms with Gasteiger partial charge in [0.05, 0.1) is 21.4 Å². The summed E-state index contributed by atoms with van der Waals surface area (Å²) in [5, 5.41) is 0.888. The van der Waals surface area contributed by atoms with E-state index in [2.05, 4.69) is 20.9 Å². The summed E-state index contributed by atoms with van der Waals surface area (Å²) in [5.74, 6) is 0.699. The zero-order chi connectivity index (χ0) is 16.7. The van der Waals surface area contributed by atoms with Gasteiger partial charge in [-0.15, -0.1) is 0 Å². The van der Waals surface area contributed by atoms with Crippen LogP contribution in [0, 0.1) is 0 Å². The molecule has 0 fully saturated rings. The SMILES string of the molecule is O=S(O)N(c1coc2c(Br)ccc-2c1)c1ccc2ncccc2c1. The van der Waals surface area contributed by atoms with Crippen molar-refractivity contribution < 1.29 is 13.2 Å². The van der Waals surface area contributed by atoms with Gasteiger partial charge in [0.15, 0.2) is 0 Å². The number of pyridine rings is 1. The largest absolute Gasteiger partial charge is 0.461 e. The first-order chi connectivity index (χ1) is 11.6. The topological polar surface area (TPSA) is 66.6 Å². The first-order valence-corrected chi connectivity index (χ1v) is 8.92. The molecular formula is C17H11BrN2O3S. The number of aromatic nitrogens is 1. The molecule has 1 aromatic heterocycles. The number of benzene rings is 1. The van der Waals surface area contributed by atoms with Crippen molar-refractivity contribution in [3.05, 3.63) is 65.5 Å². The fourth-order valence-electron chi connectivity index (χ4n) is 2.63. The van der Waals surface area contributed by atoms with E-state index in [0.29, 0.717) is 17.1 Å². The van der Waals surface area contributed by atoms with Crippen molar-refractivity contribution in [3.63, 3.8) is 0 Å². The normalized spacial score (nSPS) is 12.6. The lowest BCUT2D eigenvalue weighted by Crippen LogP contribution is -2.19. The maximum Gasteiger partial charge on any atom is 0.266 e. The van der Waals surface area contributed by atoms with Gasteiger partial charge in [0.25, 0.3) is 11.3 Å². The number of hydrogen-bond donors (Lipinski definition) is 1. The highest BCUT2D eigenvalue weighted by molar-refractivity contribution is 9.10. The van der Waals surface area contributed by atoms with Crippen LogP contribution < -0.4 is 4.31 Å². The molecule has 2 heterocycles. The summed E-state index contributed by atoms with van der Waals surface area (Å²) in [6, 6.07) is 14.7. The molecule has 1 aliphatic heterocycles. The lowest BCUT2D eigenvalue weighted by atomic mass is 10.2. The standard InChI is InChI=1S/C17H11BrN2O3S/c18-15-5-3-12-9-14(10-23-17(12)15)20(24(21)22)13-4-6-16-11(8-13)2-1-7-19-16/h1-10H,(H,21,22). The van der Waals surface area contributed by atoms with Gasteiger partial charge in [-0.05, 0) is 58.4 Å². The second-order valence-electron chi connectivity index (χ2n) is 5.18. The van der Waals surface area contributed by atoms with Gasteiger partial charge in [-0.25, -0.2) is 8.51 Å². The van der Waals surface area contributed by atoms with Crippen LogP contribution in [0.1, 0.15) is 0 Å². The van der Waals surface area contributed by atoms with Crippen LogP contribution in [0.25, 0.3) is 22.2 Å². The Morgan fingerprint density at radius 1 is 1.12 bits per heavy atom. The number of hydrogen-bond acceptors (Lipinski definition) is 3. The molecule has 0 saturated carbocycles. The Bertz CT molecular complexity index is 1030. The minimum Gasteiger partial charge on any atom is -0.461 e. The number of nitrogens with zero attached hydrogens (tertiary/aromatic N) is 2. The minimum absolute atomic E-state index is 0.490. The summed E-state index contributed by atoms with van der Waals surface area (Å²) in [4.78, 5) is 4.26. The van der Waals surface area contributed by atoms with Crippen molar-refractivity contribution >= 4 is 49.5 Å². The molecule has 5 nitrogen and oxygen atoms in total. The Hall–Kier alpha value is -2.22. The van der Waals surface area contributed by atoms with E-state index >= 15 is 0 Å². The van der Waals surface area contributed by atoms with Gasteiger partial charge < -0.3 is 4.42 Å². The smallest absolute Gasteiger partial charge is 0.266 e. The van der Waals surface area contributed by atoms with Gasteiger partial charge in [0.1, 0.15) is 12.0 Å². The van der Waals surface area contributed by atoms with E-state index in [1.165, 1.54) is 10.6 Å². The van der Waals surface area contributed by atoms with Gasteiger partial charge in [0.2, 0.25) is 0 Å². The molecule has 2 aromatic rings. The van der Waals surface area contributed by atoms with Crippen LogP contribution in [0.3, 0.4) is 0 Å². The number of rotatable bonds is 3. The highest BCUT2D eigenvalue weighted by Crippen LogP contribution is 2.37. The van der Waals surface area contributed by atoms with E-state index in [9.17, 15) is 8.76 Å². The summed E-state index contributed by atoms with van der Waals surface area (Å²) >= 11 is 1.16. The third kappa shape index (κ3) is 2.60. The monoisotopic (exact) mass is 402 g/mol. The van der Waals surface area contributed by atoms with E-state index in [1.807, 2.05) is 42.5 Å². The van der Waals surface area contributed by atoms with Crippen molar-refractivity contribution in [1.82, 2.24) is 4.98 Å². The van der Waals surface area contributed by atoms with Crippen LogP contribution in [0.2, 0.25) is 0 Å². The average molecular weight is 403 g/mol. The van der Waals surface area contributed by atoms with Crippen LogP contribution >= 0.6 is 15.9 Å². The van der Waals surface area contributed by atoms with Gasteiger partial charge >= 0.3 is 0 Å². The molecule has 0 saturated heterocycles. The fourth-order valence-corrected chi connectivity index (χ4v) is 3.65. The molecule has 0 amide bonds. The first kappa shape index (κ1) is 15.3. The summed E-state index contributed by atoms with van der Waals surface area (Å²) in [6.07, 6.45) is 3.18. The molecule has 0 bridgehead atoms. The Morgan fingerprint density at radius 3 is 2.83 bits per heavy atom. The molecule has 1 aliphatic carbocycles. The third-order valence-electron chi connectivity index (χ3n) is 3.70. The molecule has 1 N–H and O–H groups in total. The summed E-state index contributed by atoms with van der Waals surface area (Å²) < 4.78 is 29.5. The molecular weight excluding hydrogens is 392 g/mol. The van der Waals surface area contributed by atoms with E-state index < -0.39 is 11.3 Å². The van der Waals surface area contributed by atoms with Crippen molar-refractivity contribution in [3.8, 4) is 11.3 Å². The van der Waals surface area contributed by atoms with Crippen molar-refractivity contribution in [1.29, 1.82) is 0 Å². The highest BCUT2D eigenvalue weighted by Gasteiger charge is 2.19. The van der Waals surface area contributed by atoms with Crippen LogP contribution in [-0.4, -0.2) is 13.7 Å². The molecule has 24 heavy (non-hydrogen) atoms. The second-order valence-corrected chi connectivity index (χ2v) is 6.86. The number of fused-ring (bicyclic) bond motifs is 2. The van der Waals surface area contributed by atoms with Crippen molar-refractivity contribution in [2.24, 2.45) is 0 Å². The van der Waals surface area contributed by atoms with E-state index in [4.69, 9.17) is 4.42 Å². The quantitative estimate of drug-likeness (QED) is 0.491. The lowest BCUT2D eigenvalue weighted by molar-refractivity contribution is 0.555. The summed E-state index contributed by atoms with van der Waals surface area (Å²) in [6.45, 7) is 0. The minimum atomic E-state index is -2.24. The molecule has 4 rings (SSSR count). The molecule has 1 atom stereocenters. The van der Waals surface area contributed by atoms with Crippen LogP contribution in [0.5, 0.6) is 0 Å². The number of anilines is 2. The Labute approximate surface area is 148 Å². The van der Waals surface area contributed by atoms with Crippen LogP contribution in [0.15, 0.2) is 69.9 Å². The molecule has 2 aliphatic rings. The van der Waals surface area contributed by atoms with Gasteiger partial charge in [-0.3, -0.25) is 9.54 Å². The maximum atomic E-state index is 11.9. The molecule has 0 spiro atoms. The Morgan fingerprint density at radius 2 is 2.00 bits per heavy atom. The Balaban J connectivity index is 1.85. The van der Waals surface area contributed by atoms with Crippen LogP contribution in [-0.2, 0) is 11.3 Å². The van der Waals surface area contributed by atoms with Crippen LogP contribution in [0.4, 0.5) is 11.4 Å². The second kappa shape index (κ2) is 6.01. The number of halogens is 1. The first-order valence-electron chi connectivity index (χ1n) is 7.06. The van der Waals surface area contributed by atoms with Gasteiger partial charge in [-0.2, -0.15) is 0 Å². The lowest BCUT2D eigenvalue weighted by Gasteiger charge is -2.20. The Kier molecular flexibility index (Phi) is 3.84. The van der Waals surface area contributed by atoms with Gasteiger partial charge in [-0.1, -0.05) is 6.07 Å². The van der Waals surface area contributed by atoms with Gasteiger partial charge in [0, 0.05) is 17.1 Å². The zero-order valence-electron chi connectivity index (χ0n) is 12.2. The third-order valence-corrected chi connectivity index (χ3v) is 5.06.